The van der Waals surface area contributed by atoms with E-state index in [1.54, 1.807) is 0 Å². The van der Waals surface area contributed by atoms with E-state index in [1.807, 2.05) is 18.2 Å². The van der Waals surface area contributed by atoms with E-state index >= 15 is 0 Å². The van der Waals surface area contributed by atoms with Crippen LogP contribution in [0.1, 0.15) is 30.7 Å². The number of likely N-dealkylation sites (tertiary alicyclic amines) is 1. The summed E-state index contributed by atoms with van der Waals surface area (Å²) in [5.41, 5.74) is 1.26. The fourth-order valence-corrected chi connectivity index (χ4v) is 3.07. The van der Waals surface area contributed by atoms with Crippen LogP contribution < -0.4 is 5.32 Å². The fraction of sp³-hybridized carbons (Fsp3) is 0.471. The summed E-state index contributed by atoms with van der Waals surface area (Å²) in [6, 6.07) is 10.3. The molecule has 0 unspecified atom stereocenters. The quantitative estimate of drug-likeness (QED) is 0.760. The Morgan fingerprint density at radius 1 is 1.35 bits per heavy atom. The van der Waals surface area contributed by atoms with E-state index in [9.17, 15) is 4.79 Å². The number of nitrogens with one attached hydrogen (secondary N) is 2. The van der Waals surface area contributed by atoms with Gasteiger partial charge in [0.1, 0.15) is 12.2 Å². The van der Waals surface area contributed by atoms with Gasteiger partial charge in [0.15, 0.2) is 0 Å². The number of carbonyl (C=O) groups is 1. The molecule has 0 spiro atoms. The van der Waals surface area contributed by atoms with Gasteiger partial charge in [-0.2, -0.15) is 5.10 Å². The van der Waals surface area contributed by atoms with E-state index in [0.29, 0.717) is 6.54 Å². The Bertz CT molecular complexity index is 599. The second kappa shape index (κ2) is 7.87. The van der Waals surface area contributed by atoms with Crippen molar-refractivity contribution < 1.29 is 4.79 Å². The molecule has 0 aliphatic carbocycles. The maximum Gasteiger partial charge on any atom is 0.237 e. The number of aromatic amines is 1. The highest BCUT2D eigenvalue weighted by Crippen LogP contribution is 2.20. The normalized spacial score (nSPS) is 18.2. The topological polar surface area (TPSA) is 73.9 Å². The Hall–Kier alpha value is -2.21. The molecule has 2 heterocycles. The molecule has 3 rings (SSSR count). The largest absolute Gasteiger partial charge is 0.355 e. The smallest absolute Gasteiger partial charge is 0.237 e. The first kappa shape index (κ1) is 15.7. The maximum absolute atomic E-state index is 12.4. The lowest BCUT2D eigenvalue weighted by Gasteiger charge is -2.23. The minimum atomic E-state index is 0.000450. The number of hydrogen-bond acceptors (Lipinski definition) is 4. The minimum absolute atomic E-state index is 0.000450. The zero-order chi connectivity index (χ0) is 15.9. The fourth-order valence-electron chi connectivity index (χ4n) is 3.07. The predicted octanol–water partition coefficient (Wildman–Crippen LogP) is 1.52. The Balaban J connectivity index is 1.44. The number of H-pyrrole nitrogens is 1. The Labute approximate surface area is 136 Å². The minimum Gasteiger partial charge on any atom is -0.355 e. The molecule has 0 radical (unpaired) electrons. The summed E-state index contributed by atoms with van der Waals surface area (Å²) in [7, 11) is 0. The third-order valence-corrected chi connectivity index (χ3v) is 4.25. The summed E-state index contributed by atoms with van der Waals surface area (Å²) >= 11 is 0. The number of benzene rings is 1. The van der Waals surface area contributed by atoms with Crippen molar-refractivity contribution in [2.24, 2.45) is 0 Å². The van der Waals surface area contributed by atoms with Gasteiger partial charge in [0, 0.05) is 19.5 Å². The van der Waals surface area contributed by atoms with Crippen LogP contribution in [-0.4, -0.2) is 45.1 Å². The Kier molecular flexibility index (Phi) is 5.37. The summed E-state index contributed by atoms with van der Waals surface area (Å²) in [4.78, 5) is 18.8. The summed E-state index contributed by atoms with van der Waals surface area (Å²) < 4.78 is 0. The standard InChI is InChI=1S/C17H23N5O/c23-17(18-10-4-9-16-19-13-20-21-16)15-8-5-11-22(15)12-14-6-2-1-3-7-14/h1-3,6-7,13,15H,4-5,8-12H2,(H,18,23)(H,19,20,21)/t15-/m1/s1. The Morgan fingerprint density at radius 2 is 2.22 bits per heavy atom. The number of aromatic nitrogens is 3. The highest BCUT2D eigenvalue weighted by molar-refractivity contribution is 5.82. The summed E-state index contributed by atoms with van der Waals surface area (Å²) in [5.74, 6) is 1.02. The molecule has 1 aromatic heterocycles. The molecule has 1 saturated heterocycles. The number of nitrogens with zero attached hydrogens (tertiary/aromatic N) is 3. The molecule has 1 aliphatic heterocycles. The highest BCUT2D eigenvalue weighted by atomic mass is 16.2. The van der Waals surface area contributed by atoms with Crippen LogP contribution in [0.25, 0.3) is 0 Å². The van der Waals surface area contributed by atoms with Crippen molar-refractivity contribution in [3.63, 3.8) is 0 Å². The first-order valence-electron chi connectivity index (χ1n) is 8.23. The van der Waals surface area contributed by atoms with Crippen LogP contribution in [0.3, 0.4) is 0 Å². The van der Waals surface area contributed by atoms with Gasteiger partial charge in [-0.25, -0.2) is 4.98 Å². The Morgan fingerprint density at radius 3 is 3.00 bits per heavy atom. The second-order valence-corrected chi connectivity index (χ2v) is 5.94. The lowest BCUT2D eigenvalue weighted by molar-refractivity contribution is -0.125. The van der Waals surface area contributed by atoms with Crippen molar-refractivity contribution in [3.05, 3.63) is 48.0 Å². The third kappa shape index (κ3) is 4.39. The van der Waals surface area contributed by atoms with E-state index in [-0.39, 0.29) is 11.9 Å². The molecule has 1 amide bonds. The van der Waals surface area contributed by atoms with E-state index in [2.05, 4.69) is 37.5 Å². The molecule has 2 N–H and O–H groups in total. The molecule has 1 atom stereocenters. The summed E-state index contributed by atoms with van der Waals surface area (Å²) in [6.45, 7) is 2.51. The van der Waals surface area contributed by atoms with Crippen LogP contribution in [0, 0.1) is 0 Å². The van der Waals surface area contributed by atoms with Gasteiger partial charge < -0.3 is 5.32 Å². The molecule has 122 valence electrons. The highest BCUT2D eigenvalue weighted by Gasteiger charge is 2.30. The molecule has 0 bridgehead atoms. The molecule has 6 heteroatoms. The van der Waals surface area contributed by atoms with Crippen LogP contribution in [0.5, 0.6) is 0 Å². The van der Waals surface area contributed by atoms with Gasteiger partial charge in [-0.05, 0) is 31.4 Å². The van der Waals surface area contributed by atoms with Crippen LogP contribution in [0.15, 0.2) is 36.7 Å². The zero-order valence-electron chi connectivity index (χ0n) is 13.2. The van der Waals surface area contributed by atoms with E-state index in [0.717, 1.165) is 44.6 Å². The van der Waals surface area contributed by atoms with E-state index in [1.165, 1.54) is 11.9 Å². The summed E-state index contributed by atoms with van der Waals surface area (Å²) in [5, 5.41) is 9.71. The molecular formula is C17H23N5O. The van der Waals surface area contributed by atoms with Crippen LogP contribution in [0.4, 0.5) is 0 Å². The molecule has 23 heavy (non-hydrogen) atoms. The van der Waals surface area contributed by atoms with Crippen molar-refractivity contribution in [1.29, 1.82) is 0 Å². The number of aryl methyl sites for hydroxylation is 1. The van der Waals surface area contributed by atoms with Gasteiger partial charge in [-0.1, -0.05) is 30.3 Å². The average Bonchev–Trinajstić information content (AvgIpc) is 3.24. The van der Waals surface area contributed by atoms with Crippen LogP contribution in [0.2, 0.25) is 0 Å². The predicted molar refractivity (Wildman–Crippen MR) is 87.6 cm³/mol. The van der Waals surface area contributed by atoms with Crippen LogP contribution in [-0.2, 0) is 17.8 Å². The molecular weight excluding hydrogens is 290 g/mol. The van der Waals surface area contributed by atoms with Crippen molar-refractivity contribution in [2.75, 3.05) is 13.1 Å². The average molecular weight is 313 g/mol. The molecule has 6 nitrogen and oxygen atoms in total. The number of hydrogen-bond donors (Lipinski definition) is 2. The SMILES string of the molecule is O=C(NCCCc1ncn[nH]1)[C@H]1CCCN1Cc1ccccc1. The lowest BCUT2D eigenvalue weighted by Crippen LogP contribution is -2.43. The van der Waals surface area contributed by atoms with Crippen molar-refractivity contribution in [2.45, 2.75) is 38.3 Å². The van der Waals surface area contributed by atoms with Gasteiger partial charge in [0.2, 0.25) is 5.91 Å². The van der Waals surface area contributed by atoms with Crippen molar-refractivity contribution >= 4 is 5.91 Å². The second-order valence-electron chi connectivity index (χ2n) is 5.94. The molecule has 2 aromatic rings. The first-order chi connectivity index (χ1) is 11.3. The van der Waals surface area contributed by atoms with Gasteiger partial charge >= 0.3 is 0 Å². The molecule has 0 saturated carbocycles. The summed E-state index contributed by atoms with van der Waals surface area (Å²) in [6.07, 6.45) is 5.21. The van der Waals surface area contributed by atoms with Gasteiger partial charge in [0.25, 0.3) is 0 Å². The van der Waals surface area contributed by atoms with Gasteiger partial charge in [-0.3, -0.25) is 14.8 Å². The lowest BCUT2D eigenvalue weighted by atomic mass is 10.1. The van der Waals surface area contributed by atoms with Gasteiger partial charge in [-0.15, -0.1) is 0 Å². The van der Waals surface area contributed by atoms with Crippen LogP contribution >= 0.6 is 0 Å². The molecule has 1 aromatic carbocycles. The zero-order valence-corrected chi connectivity index (χ0v) is 13.2. The first-order valence-corrected chi connectivity index (χ1v) is 8.23. The third-order valence-electron chi connectivity index (χ3n) is 4.25. The van der Waals surface area contributed by atoms with Crippen molar-refractivity contribution in [3.8, 4) is 0 Å². The number of rotatable bonds is 7. The van der Waals surface area contributed by atoms with Gasteiger partial charge in [0.05, 0.1) is 6.04 Å². The van der Waals surface area contributed by atoms with Crippen molar-refractivity contribution in [1.82, 2.24) is 25.4 Å². The molecule has 1 aliphatic rings. The van der Waals surface area contributed by atoms with E-state index < -0.39 is 0 Å². The number of amides is 1. The van der Waals surface area contributed by atoms with E-state index in [4.69, 9.17) is 0 Å². The number of carbonyl (C=O) groups excluding carboxylic acids is 1. The monoisotopic (exact) mass is 313 g/mol. The molecule has 1 fully saturated rings. The maximum atomic E-state index is 12.4.